The van der Waals surface area contributed by atoms with Gasteiger partial charge in [0.25, 0.3) is 5.91 Å². The molecule has 16 heavy (non-hydrogen) atoms. The molecule has 88 valence electrons. The van der Waals surface area contributed by atoms with Gasteiger partial charge in [-0.3, -0.25) is 4.79 Å². The first-order chi connectivity index (χ1) is 7.50. The number of hydrogen-bond donors (Lipinski definition) is 0. The summed E-state index contributed by atoms with van der Waals surface area (Å²) in [7, 11) is 5.75. The topological polar surface area (TPSA) is 36.4 Å². The molecule has 0 aromatic carbocycles. The van der Waals surface area contributed by atoms with Crippen LogP contribution in [-0.4, -0.2) is 54.9 Å². The lowest BCUT2D eigenvalue weighted by atomic mass is 10.3. The molecule has 0 bridgehead atoms. The van der Waals surface area contributed by atoms with Crippen LogP contribution >= 0.6 is 15.9 Å². The highest BCUT2D eigenvalue weighted by Crippen LogP contribution is 2.07. The van der Waals surface area contributed by atoms with Gasteiger partial charge in [-0.05, 0) is 42.2 Å². The fraction of sp³-hybridized carbons (Fsp3) is 0.455. The summed E-state index contributed by atoms with van der Waals surface area (Å²) in [6.45, 7) is 1.54. The van der Waals surface area contributed by atoms with Crippen molar-refractivity contribution in [3.05, 3.63) is 28.5 Å². The average Bonchev–Trinajstić information content (AvgIpc) is 2.24. The van der Waals surface area contributed by atoms with Crippen LogP contribution in [0.4, 0.5) is 0 Å². The van der Waals surface area contributed by atoms with Crippen molar-refractivity contribution in [3.63, 3.8) is 0 Å². The fourth-order valence-electron chi connectivity index (χ4n) is 1.17. The van der Waals surface area contributed by atoms with Gasteiger partial charge in [0.1, 0.15) is 10.3 Å². The maximum atomic E-state index is 11.9. The van der Waals surface area contributed by atoms with Gasteiger partial charge in [0.15, 0.2) is 0 Å². The SMILES string of the molecule is CN(C)CCN(C)C(=O)c1cccc(Br)n1. The monoisotopic (exact) mass is 285 g/mol. The second kappa shape index (κ2) is 5.96. The van der Waals surface area contributed by atoms with E-state index in [1.165, 1.54) is 0 Å². The summed E-state index contributed by atoms with van der Waals surface area (Å²) in [5.74, 6) is -0.0526. The van der Waals surface area contributed by atoms with Gasteiger partial charge in [0, 0.05) is 20.1 Å². The minimum atomic E-state index is -0.0526. The van der Waals surface area contributed by atoms with Crippen molar-refractivity contribution in [2.75, 3.05) is 34.2 Å². The Kier molecular flexibility index (Phi) is 4.89. The number of pyridine rings is 1. The predicted octanol–water partition coefficient (Wildman–Crippen LogP) is 1.48. The molecule has 0 aliphatic rings. The second-order valence-corrected chi connectivity index (χ2v) is 4.69. The summed E-state index contributed by atoms with van der Waals surface area (Å²) in [5.41, 5.74) is 0.468. The second-order valence-electron chi connectivity index (χ2n) is 3.88. The van der Waals surface area contributed by atoms with Crippen LogP contribution in [0.2, 0.25) is 0 Å². The van der Waals surface area contributed by atoms with Crippen LogP contribution in [0, 0.1) is 0 Å². The molecule has 0 aliphatic carbocycles. The molecule has 0 saturated heterocycles. The molecule has 0 aliphatic heterocycles. The molecule has 1 aromatic rings. The van der Waals surface area contributed by atoms with E-state index in [-0.39, 0.29) is 5.91 Å². The summed E-state index contributed by atoms with van der Waals surface area (Å²) in [6, 6.07) is 5.33. The van der Waals surface area contributed by atoms with Crippen molar-refractivity contribution >= 4 is 21.8 Å². The number of aromatic nitrogens is 1. The first kappa shape index (κ1) is 13.1. The van der Waals surface area contributed by atoms with E-state index in [0.717, 1.165) is 6.54 Å². The summed E-state index contributed by atoms with van der Waals surface area (Å²) in [5, 5.41) is 0. The maximum Gasteiger partial charge on any atom is 0.272 e. The van der Waals surface area contributed by atoms with Crippen LogP contribution in [0.1, 0.15) is 10.5 Å². The van der Waals surface area contributed by atoms with Crippen LogP contribution in [-0.2, 0) is 0 Å². The highest BCUT2D eigenvalue weighted by Gasteiger charge is 2.12. The van der Waals surface area contributed by atoms with Gasteiger partial charge in [-0.2, -0.15) is 0 Å². The third-order valence-electron chi connectivity index (χ3n) is 2.16. The number of nitrogens with zero attached hydrogens (tertiary/aromatic N) is 3. The quantitative estimate of drug-likeness (QED) is 0.787. The lowest BCUT2D eigenvalue weighted by molar-refractivity contribution is 0.0780. The van der Waals surface area contributed by atoms with E-state index >= 15 is 0 Å². The highest BCUT2D eigenvalue weighted by molar-refractivity contribution is 9.10. The van der Waals surface area contributed by atoms with Gasteiger partial charge >= 0.3 is 0 Å². The third-order valence-corrected chi connectivity index (χ3v) is 2.61. The average molecular weight is 286 g/mol. The zero-order chi connectivity index (χ0) is 12.1. The predicted molar refractivity (Wildman–Crippen MR) is 67.5 cm³/mol. The molecule has 0 unspecified atom stereocenters. The lowest BCUT2D eigenvalue weighted by Gasteiger charge is -2.19. The first-order valence-electron chi connectivity index (χ1n) is 5.03. The highest BCUT2D eigenvalue weighted by atomic mass is 79.9. The summed E-state index contributed by atoms with van der Waals surface area (Å²) in [6.07, 6.45) is 0. The molecular weight excluding hydrogens is 270 g/mol. The van der Waals surface area contributed by atoms with Crippen LogP contribution in [0.25, 0.3) is 0 Å². The van der Waals surface area contributed by atoms with E-state index in [2.05, 4.69) is 20.9 Å². The van der Waals surface area contributed by atoms with Crippen LogP contribution in [0.15, 0.2) is 22.8 Å². The van der Waals surface area contributed by atoms with Crippen molar-refractivity contribution in [3.8, 4) is 0 Å². The number of carbonyl (C=O) groups is 1. The molecule has 0 N–H and O–H groups in total. The Morgan fingerprint density at radius 1 is 1.31 bits per heavy atom. The van der Waals surface area contributed by atoms with Crippen LogP contribution in [0.5, 0.6) is 0 Å². The van der Waals surface area contributed by atoms with E-state index in [9.17, 15) is 4.79 Å². The van der Waals surface area contributed by atoms with Gasteiger partial charge < -0.3 is 9.80 Å². The van der Waals surface area contributed by atoms with Gasteiger partial charge in [-0.25, -0.2) is 4.98 Å². The number of carbonyl (C=O) groups excluding carboxylic acids is 1. The molecule has 0 radical (unpaired) electrons. The molecule has 0 spiro atoms. The van der Waals surface area contributed by atoms with Gasteiger partial charge in [0.05, 0.1) is 0 Å². The van der Waals surface area contributed by atoms with E-state index in [1.54, 1.807) is 24.1 Å². The van der Waals surface area contributed by atoms with Crippen LogP contribution in [0.3, 0.4) is 0 Å². The molecule has 5 heteroatoms. The van der Waals surface area contributed by atoms with Crippen molar-refractivity contribution in [1.82, 2.24) is 14.8 Å². The molecule has 0 fully saturated rings. The van der Waals surface area contributed by atoms with Crippen LogP contribution < -0.4 is 0 Å². The van der Waals surface area contributed by atoms with E-state index in [1.807, 2.05) is 25.1 Å². The van der Waals surface area contributed by atoms with E-state index < -0.39 is 0 Å². The van der Waals surface area contributed by atoms with Crippen molar-refractivity contribution < 1.29 is 4.79 Å². The van der Waals surface area contributed by atoms with Crippen molar-refractivity contribution in [2.24, 2.45) is 0 Å². The zero-order valence-corrected chi connectivity index (χ0v) is 11.4. The number of amides is 1. The molecule has 0 saturated carbocycles. The molecule has 1 rings (SSSR count). The Bertz CT molecular complexity index is 368. The molecule has 1 amide bonds. The molecular formula is C11H16BrN3O. The Hall–Kier alpha value is -0.940. The fourth-order valence-corrected chi connectivity index (χ4v) is 1.52. The number of halogens is 1. The molecule has 1 aromatic heterocycles. The largest absolute Gasteiger partial charge is 0.339 e. The van der Waals surface area contributed by atoms with Gasteiger partial charge in [-0.1, -0.05) is 6.07 Å². The third kappa shape index (κ3) is 3.90. The summed E-state index contributed by atoms with van der Waals surface area (Å²) < 4.78 is 0.680. The minimum absolute atomic E-state index is 0.0526. The standard InChI is InChI=1S/C11H16BrN3O/c1-14(2)7-8-15(3)11(16)9-5-4-6-10(12)13-9/h4-6H,7-8H2,1-3H3. The number of rotatable bonds is 4. The Labute approximate surface area is 104 Å². The maximum absolute atomic E-state index is 11.9. The summed E-state index contributed by atoms with van der Waals surface area (Å²) in [4.78, 5) is 19.8. The number of likely N-dealkylation sites (N-methyl/N-ethyl adjacent to an activating group) is 2. The number of hydrogen-bond acceptors (Lipinski definition) is 3. The van der Waals surface area contributed by atoms with E-state index in [0.29, 0.717) is 16.8 Å². The Balaban J connectivity index is 2.63. The van der Waals surface area contributed by atoms with Crippen molar-refractivity contribution in [2.45, 2.75) is 0 Å². The van der Waals surface area contributed by atoms with Gasteiger partial charge in [0.2, 0.25) is 0 Å². The zero-order valence-electron chi connectivity index (χ0n) is 9.77. The molecule has 4 nitrogen and oxygen atoms in total. The van der Waals surface area contributed by atoms with Crippen molar-refractivity contribution in [1.29, 1.82) is 0 Å². The normalized spacial score (nSPS) is 10.6. The smallest absolute Gasteiger partial charge is 0.272 e. The lowest BCUT2D eigenvalue weighted by Crippen LogP contribution is -2.33. The molecule has 1 heterocycles. The van der Waals surface area contributed by atoms with Gasteiger partial charge in [-0.15, -0.1) is 0 Å². The first-order valence-corrected chi connectivity index (χ1v) is 5.83. The summed E-state index contributed by atoms with van der Waals surface area (Å²) >= 11 is 3.25. The Morgan fingerprint density at radius 2 is 2.00 bits per heavy atom. The minimum Gasteiger partial charge on any atom is -0.339 e. The van der Waals surface area contributed by atoms with E-state index in [4.69, 9.17) is 0 Å². The Morgan fingerprint density at radius 3 is 2.56 bits per heavy atom. The molecule has 0 atom stereocenters.